The summed E-state index contributed by atoms with van der Waals surface area (Å²) in [5.74, 6) is 0.443. The Labute approximate surface area is 94.9 Å². The molecule has 0 spiro atoms. The number of nitrogens with zero attached hydrogens (tertiary/aromatic N) is 4. The third-order valence-corrected chi connectivity index (χ3v) is 2.46. The summed E-state index contributed by atoms with van der Waals surface area (Å²) in [5, 5.41) is 0. The average Bonchev–Trinajstić information content (AvgIpc) is 2.47. The van der Waals surface area contributed by atoms with Gasteiger partial charge in [-0.25, -0.2) is 15.0 Å². The molecule has 0 aliphatic heterocycles. The van der Waals surface area contributed by atoms with Crippen LogP contribution in [0.5, 0.6) is 0 Å². The Bertz CT molecular complexity index is 476. The number of nitrogens with two attached hydrogens (primary N) is 1. The van der Waals surface area contributed by atoms with Gasteiger partial charge in [-0.3, -0.25) is 0 Å². The third-order valence-electron chi connectivity index (χ3n) is 1.98. The molecule has 6 heteroatoms. The molecule has 0 aromatic carbocycles. The van der Waals surface area contributed by atoms with Crippen LogP contribution in [-0.2, 0) is 0 Å². The fourth-order valence-corrected chi connectivity index (χ4v) is 1.78. The largest absolute Gasteiger partial charge is 0.382 e. The van der Waals surface area contributed by atoms with Crippen molar-refractivity contribution >= 4 is 39.6 Å². The quantitative estimate of drug-likeness (QED) is 0.641. The minimum Gasteiger partial charge on any atom is -0.382 e. The minimum absolute atomic E-state index is 0.324. The zero-order chi connectivity index (χ0) is 10.3. The van der Waals surface area contributed by atoms with E-state index in [-0.39, 0.29) is 0 Å². The smallest absolute Gasteiger partial charge is 0.194 e. The van der Waals surface area contributed by atoms with Gasteiger partial charge in [-0.1, -0.05) is 0 Å². The van der Waals surface area contributed by atoms with Crippen molar-refractivity contribution in [3.63, 3.8) is 0 Å². The Balaban J connectivity index is 2.78. The van der Waals surface area contributed by atoms with Crippen LogP contribution in [-0.4, -0.2) is 19.5 Å². The zero-order valence-corrected chi connectivity index (χ0v) is 10.1. The lowest BCUT2D eigenvalue weighted by atomic mass is 10.4. The van der Waals surface area contributed by atoms with Gasteiger partial charge >= 0.3 is 0 Å². The SMILES string of the molecule is CC(C)n1cnc2c(N)nc(I)nc21. The lowest BCUT2D eigenvalue weighted by Gasteiger charge is -2.06. The van der Waals surface area contributed by atoms with E-state index in [1.807, 2.05) is 27.2 Å². The molecule has 0 radical (unpaired) electrons. The van der Waals surface area contributed by atoms with Crippen molar-refractivity contribution in [2.24, 2.45) is 0 Å². The molecule has 2 aromatic rings. The van der Waals surface area contributed by atoms with Crippen LogP contribution in [0.15, 0.2) is 6.33 Å². The fraction of sp³-hybridized carbons (Fsp3) is 0.375. The number of halogens is 1. The van der Waals surface area contributed by atoms with Gasteiger partial charge in [-0.2, -0.15) is 0 Å². The van der Waals surface area contributed by atoms with Crippen LogP contribution >= 0.6 is 22.6 Å². The van der Waals surface area contributed by atoms with Gasteiger partial charge in [0.1, 0.15) is 5.52 Å². The molecule has 0 atom stereocenters. The van der Waals surface area contributed by atoms with E-state index >= 15 is 0 Å². The molecule has 0 fully saturated rings. The topological polar surface area (TPSA) is 69.6 Å². The van der Waals surface area contributed by atoms with Gasteiger partial charge in [0.2, 0.25) is 0 Å². The molecule has 0 saturated heterocycles. The molecule has 14 heavy (non-hydrogen) atoms. The first-order chi connectivity index (χ1) is 6.59. The highest BCUT2D eigenvalue weighted by molar-refractivity contribution is 14.1. The van der Waals surface area contributed by atoms with Gasteiger partial charge < -0.3 is 10.3 Å². The highest BCUT2D eigenvalue weighted by Crippen LogP contribution is 2.19. The fourth-order valence-electron chi connectivity index (χ4n) is 1.29. The summed E-state index contributed by atoms with van der Waals surface area (Å²) in [5.41, 5.74) is 7.22. The summed E-state index contributed by atoms with van der Waals surface area (Å²) in [6.07, 6.45) is 1.75. The third kappa shape index (κ3) is 1.43. The second-order valence-electron chi connectivity index (χ2n) is 3.30. The standard InChI is InChI=1S/C8H10IN5/c1-4(2)14-3-11-5-6(10)12-8(9)13-7(5)14/h3-4H,1-2H3,(H2,10,12,13). The molecule has 2 aromatic heterocycles. The van der Waals surface area contributed by atoms with E-state index in [9.17, 15) is 0 Å². The molecule has 0 aliphatic rings. The second kappa shape index (κ2) is 3.34. The number of hydrogen-bond donors (Lipinski definition) is 1. The highest BCUT2D eigenvalue weighted by atomic mass is 127. The van der Waals surface area contributed by atoms with Crippen LogP contribution in [0.4, 0.5) is 5.82 Å². The molecule has 2 N–H and O–H groups in total. The normalized spacial score (nSPS) is 11.4. The van der Waals surface area contributed by atoms with Crippen molar-refractivity contribution in [3.8, 4) is 0 Å². The Morgan fingerprint density at radius 1 is 1.43 bits per heavy atom. The second-order valence-corrected chi connectivity index (χ2v) is 4.26. The van der Waals surface area contributed by atoms with E-state index in [2.05, 4.69) is 28.8 Å². The molecule has 0 aliphatic carbocycles. The van der Waals surface area contributed by atoms with Crippen molar-refractivity contribution in [1.29, 1.82) is 0 Å². The lowest BCUT2D eigenvalue weighted by Crippen LogP contribution is -2.03. The van der Waals surface area contributed by atoms with Gasteiger partial charge in [-0.15, -0.1) is 0 Å². The number of imidazole rings is 1. The Morgan fingerprint density at radius 2 is 2.14 bits per heavy atom. The Kier molecular flexibility index (Phi) is 2.30. The first-order valence-electron chi connectivity index (χ1n) is 4.25. The first kappa shape index (κ1) is 9.63. The van der Waals surface area contributed by atoms with E-state index < -0.39 is 0 Å². The number of anilines is 1. The molecule has 0 unspecified atom stereocenters. The monoisotopic (exact) mass is 303 g/mol. The van der Waals surface area contributed by atoms with Crippen molar-refractivity contribution < 1.29 is 0 Å². The van der Waals surface area contributed by atoms with Gasteiger partial charge in [0.05, 0.1) is 6.33 Å². The summed E-state index contributed by atoms with van der Waals surface area (Å²) < 4.78 is 2.63. The van der Waals surface area contributed by atoms with Crippen molar-refractivity contribution in [3.05, 3.63) is 10.2 Å². The molecule has 2 heterocycles. The van der Waals surface area contributed by atoms with Crippen LogP contribution < -0.4 is 5.73 Å². The molecular formula is C8H10IN5. The zero-order valence-electron chi connectivity index (χ0n) is 7.90. The van der Waals surface area contributed by atoms with Crippen LogP contribution in [0.25, 0.3) is 11.2 Å². The summed E-state index contributed by atoms with van der Waals surface area (Å²) in [6.45, 7) is 4.15. The molecule has 2 rings (SSSR count). The number of nitrogen functional groups attached to an aromatic ring is 1. The van der Waals surface area contributed by atoms with Crippen molar-refractivity contribution in [2.45, 2.75) is 19.9 Å². The maximum Gasteiger partial charge on any atom is 0.194 e. The predicted molar refractivity (Wildman–Crippen MR) is 62.8 cm³/mol. The molecule has 74 valence electrons. The van der Waals surface area contributed by atoms with E-state index in [4.69, 9.17) is 5.73 Å². The van der Waals surface area contributed by atoms with E-state index in [0.717, 1.165) is 5.65 Å². The number of fused-ring (bicyclic) bond motifs is 1. The van der Waals surface area contributed by atoms with Gasteiger partial charge in [0.15, 0.2) is 15.3 Å². The molecule has 0 amide bonds. The van der Waals surface area contributed by atoms with E-state index in [1.54, 1.807) is 6.33 Å². The number of rotatable bonds is 1. The molecule has 5 nitrogen and oxygen atoms in total. The summed E-state index contributed by atoms with van der Waals surface area (Å²) >= 11 is 2.05. The highest BCUT2D eigenvalue weighted by Gasteiger charge is 2.11. The van der Waals surface area contributed by atoms with Gasteiger partial charge in [0.25, 0.3) is 0 Å². The Hall–Kier alpha value is -0.920. The molecule has 0 bridgehead atoms. The maximum absolute atomic E-state index is 5.74. The first-order valence-corrected chi connectivity index (χ1v) is 5.33. The molecule has 0 saturated carbocycles. The summed E-state index contributed by atoms with van der Waals surface area (Å²) in [6, 6.07) is 0.324. The van der Waals surface area contributed by atoms with Crippen LogP contribution in [0.3, 0.4) is 0 Å². The summed E-state index contributed by atoms with van der Waals surface area (Å²) in [4.78, 5) is 12.6. The summed E-state index contributed by atoms with van der Waals surface area (Å²) in [7, 11) is 0. The predicted octanol–water partition coefficient (Wildman–Crippen LogP) is 1.59. The Morgan fingerprint density at radius 3 is 2.79 bits per heavy atom. The van der Waals surface area contributed by atoms with Crippen LogP contribution in [0.2, 0.25) is 0 Å². The number of hydrogen-bond acceptors (Lipinski definition) is 4. The minimum atomic E-state index is 0.324. The lowest BCUT2D eigenvalue weighted by molar-refractivity contribution is 0.612. The van der Waals surface area contributed by atoms with Gasteiger partial charge in [-0.05, 0) is 13.8 Å². The van der Waals surface area contributed by atoms with E-state index in [1.165, 1.54) is 0 Å². The van der Waals surface area contributed by atoms with Gasteiger partial charge in [0, 0.05) is 28.6 Å². The average molecular weight is 303 g/mol. The van der Waals surface area contributed by atoms with Crippen LogP contribution in [0, 0.1) is 3.83 Å². The van der Waals surface area contributed by atoms with Crippen molar-refractivity contribution in [2.75, 3.05) is 5.73 Å². The maximum atomic E-state index is 5.74. The van der Waals surface area contributed by atoms with E-state index in [0.29, 0.717) is 21.2 Å². The molecular weight excluding hydrogens is 293 g/mol. The number of aromatic nitrogens is 4. The van der Waals surface area contributed by atoms with Crippen molar-refractivity contribution in [1.82, 2.24) is 19.5 Å². The van der Waals surface area contributed by atoms with Crippen LogP contribution in [0.1, 0.15) is 19.9 Å².